The van der Waals surface area contributed by atoms with E-state index in [1.165, 1.54) is 11.3 Å². The van der Waals surface area contributed by atoms with Crippen molar-refractivity contribution in [3.05, 3.63) is 40.4 Å². The molecule has 0 radical (unpaired) electrons. The molecule has 8 nitrogen and oxygen atoms in total. The van der Waals surface area contributed by atoms with Crippen molar-refractivity contribution in [2.24, 2.45) is 5.73 Å². The van der Waals surface area contributed by atoms with Gasteiger partial charge in [0.05, 0.1) is 5.69 Å². The Morgan fingerprint density at radius 1 is 1.09 bits per heavy atom. The topological polar surface area (TPSA) is 131 Å². The van der Waals surface area contributed by atoms with Gasteiger partial charge in [-0.25, -0.2) is 0 Å². The van der Waals surface area contributed by atoms with E-state index >= 15 is 0 Å². The highest BCUT2D eigenvalue weighted by Gasteiger charge is 2.33. The number of nitrogens with zero attached hydrogens (tertiary/aromatic N) is 2. The summed E-state index contributed by atoms with van der Waals surface area (Å²) in [6, 6.07) is 6.86. The third-order valence-electron chi connectivity index (χ3n) is 5.93. The molecule has 3 amide bonds. The Balaban J connectivity index is 1.94. The number of hydrogen-bond acceptors (Lipinski definition) is 6. The Bertz CT molecular complexity index is 980. The van der Waals surface area contributed by atoms with Crippen LogP contribution in [0, 0.1) is 0 Å². The van der Waals surface area contributed by atoms with E-state index < -0.39 is 17.9 Å². The first-order valence-corrected chi connectivity index (χ1v) is 11.8. The minimum Gasteiger partial charge on any atom is -0.395 e. The van der Waals surface area contributed by atoms with Crippen molar-refractivity contribution < 1.29 is 14.4 Å². The van der Waals surface area contributed by atoms with Gasteiger partial charge in [-0.05, 0) is 54.9 Å². The van der Waals surface area contributed by atoms with E-state index in [0.717, 1.165) is 42.8 Å². The summed E-state index contributed by atoms with van der Waals surface area (Å²) in [7, 11) is 0. The lowest BCUT2D eigenvalue weighted by atomic mass is 9.95. The van der Waals surface area contributed by atoms with Gasteiger partial charge in [-0.15, -0.1) is 0 Å². The molecule has 1 aromatic heterocycles. The maximum absolute atomic E-state index is 13.5. The molecule has 0 spiro atoms. The zero-order valence-electron chi connectivity index (χ0n) is 18.8. The molecule has 9 heteroatoms. The standard InChI is InChI=1S/C23H31N5O3S/c1-13(2)15-9-11-17(12-10-15)28(14(3)22(30)26-16-7-5-4-6-8-16)23(31)20-18(24)19(21(25)29)27-32-20/h9-14,16H,4-8,24H2,1-3H3,(H2,25,29)(H,26,30)/t14-/m1/s1. The summed E-state index contributed by atoms with van der Waals surface area (Å²) in [5, 5.41) is 3.09. The zero-order valence-corrected chi connectivity index (χ0v) is 19.6. The molecule has 0 aliphatic heterocycles. The smallest absolute Gasteiger partial charge is 0.272 e. The van der Waals surface area contributed by atoms with Gasteiger partial charge in [0.15, 0.2) is 5.69 Å². The lowest BCUT2D eigenvalue weighted by Gasteiger charge is -2.31. The Morgan fingerprint density at radius 3 is 2.25 bits per heavy atom. The third kappa shape index (κ3) is 5.09. The molecule has 1 saturated carbocycles. The molecule has 3 rings (SSSR count). The van der Waals surface area contributed by atoms with Gasteiger partial charge in [-0.1, -0.05) is 45.2 Å². The van der Waals surface area contributed by atoms with Gasteiger partial charge in [-0.2, -0.15) is 4.37 Å². The largest absolute Gasteiger partial charge is 0.395 e. The first-order chi connectivity index (χ1) is 15.2. The van der Waals surface area contributed by atoms with Gasteiger partial charge in [0.25, 0.3) is 11.8 Å². The summed E-state index contributed by atoms with van der Waals surface area (Å²) >= 11 is 0.810. The maximum atomic E-state index is 13.5. The quantitative estimate of drug-likeness (QED) is 0.586. The van der Waals surface area contributed by atoms with Crippen molar-refractivity contribution in [1.82, 2.24) is 9.69 Å². The number of benzene rings is 1. The Morgan fingerprint density at radius 2 is 1.72 bits per heavy atom. The number of aromatic nitrogens is 1. The average Bonchev–Trinajstić information content (AvgIpc) is 3.16. The number of nitrogens with two attached hydrogens (primary N) is 2. The minimum absolute atomic E-state index is 0.0591. The van der Waals surface area contributed by atoms with Crippen molar-refractivity contribution in [3.63, 3.8) is 0 Å². The molecule has 1 aromatic carbocycles. The number of carbonyl (C=O) groups is 3. The maximum Gasteiger partial charge on any atom is 0.272 e. The monoisotopic (exact) mass is 457 g/mol. The van der Waals surface area contributed by atoms with Crippen LogP contribution in [-0.4, -0.2) is 34.2 Å². The van der Waals surface area contributed by atoms with E-state index in [-0.39, 0.29) is 28.2 Å². The molecule has 1 aliphatic carbocycles. The highest BCUT2D eigenvalue weighted by Crippen LogP contribution is 2.29. The van der Waals surface area contributed by atoms with Gasteiger partial charge in [0, 0.05) is 11.7 Å². The molecule has 0 unspecified atom stereocenters. The molecular formula is C23H31N5O3S. The van der Waals surface area contributed by atoms with Crippen molar-refractivity contribution in [3.8, 4) is 0 Å². The number of anilines is 2. The van der Waals surface area contributed by atoms with Crippen molar-refractivity contribution in [2.45, 2.75) is 70.9 Å². The number of amides is 3. The molecule has 2 aromatic rings. The summed E-state index contributed by atoms with van der Waals surface area (Å²) in [4.78, 5) is 39.7. The van der Waals surface area contributed by atoms with Crippen LogP contribution in [0.5, 0.6) is 0 Å². The van der Waals surface area contributed by atoms with Gasteiger partial charge in [0.2, 0.25) is 5.91 Å². The molecule has 172 valence electrons. The fraction of sp³-hybridized carbons (Fsp3) is 0.478. The Hall–Kier alpha value is -2.94. The van der Waals surface area contributed by atoms with Gasteiger partial charge >= 0.3 is 0 Å². The highest BCUT2D eigenvalue weighted by atomic mass is 32.1. The number of hydrogen-bond donors (Lipinski definition) is 3. The fourth-order valence-electron chi connectivity index (χ4n) is 3.96. The SMILES string of the molecule is CC(C)c1ccc(N(C(=O)c2snc(C(N)=O)c2N)[C@H](C)C(=O)NC2CCCCC2)cc1. The first kappa shape index (κ1) is 23.7. The lowest BCUT2D eigenvalue weighted by molar-refractivity contribution is -0.122. The van der Waals surface area contributed by atoms with Crippen LogP contribution >= 0.6 is 11.5 Å². The van der Waals surface area contributed by atoms with Crippen LogP contribution in [-0.2, 0) is 4.79 Å². The van der Waals surface area contributed by atoms with Crippen LogP contribution in [0.25, 0.3) is 0 Å². The van der Waals surface area contributed by atoms with Crippen LogP contribution in [0.4, 0.5) is 11.4 Å². The second kappa shape index (κ2) is 10.1. The second-order valence-corrected chi connectivity index (χ2v) is 9.35. The molecule has 0 bridgehead atoms. The molecule has 1 aliphatic rings. The number of carbonyl (C=O) groups excluding carboxylic acids is 3. The lowest BCUT2D eigenvalue weighted by Crippen LogP contribution is -2.51. The summed E-state index contributed by atoms with van der Waals surface area (Å²) in [5.74, 6) is -1.18. The molecule has 1 heterocycles. The number of nitrogen functional groups attached to an aromatic ring is 1. The first-order valence-electron chi connectivity index (χ1n) is 11.0. The molecule has 5 N–H and O–H groups in total. The van der Waals surface area contributed by atoms with Crippen molar-refractivity contribution in [2.75, 3.05) is 10.6 Å². The predicted molar refractivity (Wildman–Crippen MR) is 127 cm³/mol. The molecule has 1 atom stereocenters. The molecule has 0 saturated heterocycles. The van der Waals surface area contributed by atoms with Gasteiger partial charge in [0.1, 0.15) is 10.9 Å². The van der Waals surface area contributed by atoms with E-state index in [9.17, 15) is 14.4 Å². The third-order valence-corrected chi connectivity index (χ3v) is 6.78. The normalized spacial score (nSPS) is 15.4. The van der Waals surface area contributed by atoms with Crippen molar-refractivity contribution in [1.29, 1.82) is 0 Å². The van der Waals surface area contributed by atoms with E-state index in [4.69, 9.17) is 11.5 Å². The summed E-state index contributed by atoms with van der Waals surface area (Å²) in [5.41, 5.74) is 12.8. The van der Waals surface area contributed by atoms with E-state index in [2.05, 4.69) is 23.5 Å². The molecular weight excluding hydrogens is 426 g/mol. The van der Waals surface area contributed by atoms with Gasteiger partial charge < -0.3 is 16.8 Å². The fourth-order valence-corrected chi connectivity index (χ4v) is 4.70. The van der Waals surface area contributed by atoms with Crippen LogP contribution in [0.15, 0.2) is 24.3 Å². The van der Waals surface area contributed by atoms with Crippen LogP contribution in [0.3, 0.4) is 0 Å². The van der Waals surface area contributed by atoms with Crippen LogP contribution in [0.2, 0.25) is 0 Å². The minimum atomic E-state index is -0.797. The summed E-state index contributed by atoms with van der Waals surface area (Å²) in [6.45, 7) is 5.86. The molecule has 1 fully saturated rings. The van der Waals surface area contributed by atoms with Crippen LogP contribution < -0.4 is 21.7 Å². The number of nitrogens with one attached hydrogen (secondary N) is 1. The summed E-state index contributed by atoms with van der Waals surface area (Å²) < 4.78 is 3.94. The van der Waals surface area contributed by atoms with Crippen molar-refractivity contribution >= 4 is 40.6 Å². The predicted octanol–water partition coefficient (Wildman–Crippen LogP) is 3.43. The van der Waals surface area contributed by atoms with Gasteiger partial charge in [-0.3, -0.25) is 19.3 Å². The Kier molecular flexibility index (Phi) is 7.50. The second-order valence-electron chi connectivity index (χ2n) is 8.58. The van der Waals surface area contributed by atoms with E-state index in [1.54, 1.807) is 6.92 Å². The Labute approximate surface area is 192 Å². The van der Waals surface area contributed by atoms with E-state index in [1.807, 2.05) is 24.3 Å². The highest BCUT2D eigenvalue weighted by molar-refractivity contribution is 7.09. The summed E-state index contributed by atoms with van der Waals surface area (Å²) in [6.07, 6.45) is 5.25. The zero-order chi connectivity index (χ0) is 23.4. The molecule has 32 heavy (non-hydrogen) atoms. The number of primary amides is 1. The number of rotatable bonds is 7. The average molecular weight is 458 g/mol. The van der Waals surface area contributed by atoms with Crippen LogP contribution in [0.1, 0.15) is 84.5 Å². The van der Waals surface area contributed by atoms with E-state index in [0.29, 0.717) is 11.6 Å².